The average Bonchev–Trinajstić information content (AvgIpc) is 2.47. The van der Waals surface area contributed by atoms with Crippen LogP contribution in [0.15, 0.2) is 0 Å². The number of nitrogens with two attached hydrogens (primary N) is 1. The largest absolute Gasteiger partial charge is 0.367 e. The summed E-state index contributed by atoms with van der Waals surface area (Å²) in [7, 11) is 3.78. The van der Waals surface area contributed by atoms with Gasteiger partial charge in [0, 0.05) is 20.5 Å². The third-order valence-electron chi connectivity index (χ3n) is 2.04. The van der Waals surface area contributed by atoms with E-state index in [-0.39, 0.29) is 0 Å². The van der Waals surface area contributed by atoms with Crippen LogP contribution in [0.25, 0.3) is 0 Å². The maximum atomic E-state index is 5.69. The van der Waals surface area contributed by atoms with Gasteiger partial charge in [0.05, 0.1) is 0 Å². The molecule has 14 heavy (non-hydrogen) atoms. The summed E-state index contributed by atoms with van der Waals surface area (Å²) >= 11 is 0. The molecular weight excluding hydrogens is 178 g/mol. The Morgan fingerprint density at radius 2 is 2.07 bits per heavy atom. The first-order chi connectivity index (χ1) is 6.65. The van der Waals surface area contributed by atoms with Gasteiger partial charge >= 0.3 is 0 Å². The molecular formula is C9H19N5. The quantitative estimate of drug-likeness (QED) is 0.709. The molecule has 0 atom stereocenters. The Bertz CT molecular complexity index is 279. The van der Waals surface area contributed by atoms with Crippen molar-refractivity contribution in [3.8, 4) is 0 Å². The molecule has 0 spiro atoms. The van der Waals surface area contributed by atoms with Crippen molar-refractivity contribution in [1.29, 1.82) is 0 Å². The van der Waals surface area contributed by atoms with E-state index in [4.69, 9.17) is 5.73 Å². The van der Waals surface area contributed by atoms with Gasteiger partial charge in [-0.15, -0.1) is 9.89 Å². The predicted octanol–water partition coefficient (Wildman–Crippen LogP) is 0.791. The van der Waals surface area contributed by atoms with E-state index in [1.54, 1.807) is 4.79 Å². The summed E-state index contributed by atoms with van der Waals surface area (Å²) < 4.78 is 0. The molecule has 2 N–H and O–H groups in total. The Morgan fingerprint density at radius 1 is 1.36 bits per heavy atom. The summed E-state index contributed by atoms with van der Waals surface area (Å²) in [6, 6.07) is 0. The third-order valence-corrected chi connectivity index (χ3v) is 2.04. The molecule has 0 aliphatic carbocycles. The molecule has 0 bridgehead atoms. The smallest absolute Gasteiger partial charge is 0.239 e. The Kier molecular flexibility index (Phi) is 3.73. The molecule has 0 saturated carbocycles. The highest BCUT2D eigenvalue weighted by molar-refractivity contribution is 5.17. The summed E-state index contributed by atoms with van der Waals surface area (Å²) in [4.78, 5) is 5.80. The lowest BCUT2D eigenvalue weighted by atomic mass is 10.2. The Balaban J connectivity index is 2.57. The van der Waals surface area contributed by atoms with Crippen LogP contribution in [0.1, 0.15) is 32.0 Å². The van der Waals surface area contributed by atoms with Crippen LogP contribution in [-0.4, -0.2) is 29.0 Å². The molecule has 0 aliphatic rings. The van der Waals surface area contributed by atoms with E-state index in [9.17, 15) is 0 Å². The molecule has 0 saturated heterocycles. The summed E-state index contributed by atoms with van der Waals surface area (Å²) in [6.45, 7) is 2.18. The van der Waals surface area contributed by atoms with Crippen LogP contribution in [0.3, 0.4) is 0 Å². The molecule has 0 amide bonds. The van der Waals surface area contributed by atoms with Gasteiger partial charge in [-0.2, -0.15) is 4.98 Å². The van der Waals surface area contributed by atoms with Crippen molar-refractivity contribution in [1.82, 2.24) is 14.9 Å². The van der Waals surface area contributed by atoms with Crippen LogP contribution in [0, 0.1) is 0 Å². The van der Waals surface area contributed by atoms with Crippen LogP contribution in [0.2, 0.25) is 0 Å². The van der Waals surface area contributed by atoms with E-state index >= 15 is 0 Å². The molecule has 5 heteroatoms. The van der Waals surface area contributed by atoms with Crippen LogP contribution >= 0.6 is 0 Å². The zero-order valence-electron chi connectivity index (χ0n) is 9.19. The van der Waals surface area contributed by atoms with E-state index in [1.165, 1.54) is 12.8 Å². The first kappa shape index (κ1) is 10.8. The van der Waals surface area contributed by atoms with Gasteiger partial charge in [-0.25, -0.2) is 0 Å². The van der Waals surface area contributed by atoms with Gasteiger partial charge in [0.1, 0.15) is 0 Å². The maximum absolute atomic E-state index is 5.69. The highest BCUT2D eigenvalue weighted by Gasteiger charge is 2.07. The lowest BCUT2D eigenvalue weighted by Crippen LogP contribution is -2.27. The van der Waals surface area contributed by atoms with Crippen LogP contribution in [0.5, 0.6) is 0 Å². The molecule has 80 valence electrons. The summed E-state index contributed by atoms with van der Waals surface area (Å²) in [6.07, 6.45) is 4.48. The molecule has 0 fully saturated rings. The maximum Gasteiger partial charge on any atom is 0.239 e. The molecule has 0 aliphatic heterocycles. The molecule has 0 radical (unpaired) electrons. The Hall–Kier alpha value is -1.26. The fourth-order valence-electron chi connectivity index (χ4n) is 1.29. The summed E-state index contributed by atoms with van der Waals surface area (Å²) in [5, 5.41) is 6.10. The van der Waals surface area contributed by atoms with Crippen LogP contribution < -0.4 is 10.7 Å². The van der Waals surface area contributed by atoms with Crippen molar-refractivity contribution in [2.24, 2.45) is 0 Å². The van der Waals surface area contributed by atoms with Gasteiger partial charge in [0.2, 0.25) is 5.95 Å². The van der Waals surface area contributed by atoms with Gasteiger partial charge in [0.25, 0.3) is 0 Å². The van der Waals surface area contributed by atoms with Gasteiger partial charge in [-0.05, 0) is 6.42 Å². The van der Waals surface area contributed by atoms with E-state index in [0.717, 1.165) is 18.7 Å². The number of rotatable bonds is 5. The molecule has 1 aromatic rings. The van der Waals surface area contributed by atoms with E-state index in [0.29, 0.717) is 5.95 Å². The van der Waals surface area contributed by atoms with Gasteiger partial charge < -0.3 is 5.73 Å². The number of aryl methyl sites for hydroxylation is 1. The fourth-order valence-corrected chi connectivity index (χ4v) is 1.29. The summed E-state index contributed by atoms with van der Waals surface area (Å²) in [5.74, 6) is 1.30. The van der Waals surface area contributed by atoms with Crippen molar-refractivity contribution in [2.75, 3.05) is 24.8 Å². The monoisotopic (exact) mass is 197 g/mol. The number of aromatic nitrogens is 3. The second-order valence-corrected chi connectivity index (χ2v) is 3.58. The molecule has 1 heterocycles. The first-order valence-electron chi connectivity index (χ1n) is 5.04. The predicted molar refractivity (Wildman–Crippen MR) is 57.7 cm³/mol. The number of hydrogen-bond donors (Lipinski definition) is 1. The number of nitrogen functional groups attached to an aromatic ring is 1. The second-order valence-electron chi connectivity index (χ2n) is 3.58. The van der Waals surface area contributed by atoms with Crippen LogP contribution in [-0.2, 0) is 6.42 Å². The lowest BCUT2D eigenvalue weighted by molar-refractivity contribution is 0.624. The zero-order valence-corrected chi connectivity index (χ0v) is 9.19. The minimum absolute atomic E-state index is 0.460. The molecule has 0 unspecified atom stereocenters. The second kappa shape index (κ2) is 4.83. The molecule has 0 aromatic carbocycles. The van der Waals surface area contributed by atoms with Crippen molar-refractivity contribution in [3.05, 3.63) is 5.82 Å². The molecule has 5 nitrogen and oxygen atoms in total. The third kappa shape index (κ3) is 2.61. The highest BCUT2D eigenvalue weighted by atomic mass is 15.7. The normalized spacial score (nSPS) is 10.5. The minimum atomic E-state index is 0.460. The van der Waals surface area contributed by atoms with Gasteiger partial charge in [-0.3, -0.25) is 5.01 Å². The lowest BCUT2D eigenvalue weighted by Gasteiger charge is -2.11. The van der Waals surface area contributed by atoms with Crippen LogP contribution in [0.4, 0.5) is 5.95 Å². The Labute approximate surface area is 84.9 Å². The SMILES string of the molecule is CCCCCc1nc(N)n(N(C)C)n1. The average molecular weight is 197 g/mol. The topological polar surface area (TPSA) is 60.0 Å². The van der Waals surface area contributed by atoms with Gasteiger partial charge in [-0.1, -0.05) is 19.8 Å². The van der Waals surface area contributed by atoms with Gasteiger partial charge in [0.15, 0.2) is 5.82 Å². The van der Waals surface area contributed by atoms with E-state index in [2.05, 4.69) is 17.0 Å². The zero-order chi connectivity index (χ0) is 10.6. The van der Waals surface area contributed by atoms with Crippen molar-refractivity contribution in [2.45, 2.75) is 32.6 Å². The van der Waals surface area contributed by atoms with E-state index in [1.807, 2.05) is 19.1 Å². The number of anilines is 1. The fraction of sp³-hybridized carbons (Fsp3) is 0.778. The summed E-state index contributed by atoms with van der Waals surface area (Å²) in [5.41, 5.74) is 5.69. The van der Waals surface area contributed by atoms with E-state index < -0.39 is 0 Å². The number of nitrogens with zero attached hydrogens (tertiary/aromatic N) is 4. The highest BCUT2D eigenvalue weighted by Crippen LogP contribution is 2.05. The van der Waals surface area contributed by atoms with Crippen molar-refractivity contribution >= 4 is 5.95 Å². The standard InChI is InChI=1S/C9H19N5/c1-4-5-6-7-8-11-9(10)14(12-8)13(2)3/h4-7H2,1-3H3,(H2,10,11,12). The number of hydrogen-bond acceptors (Lipinski definition) is 4. The first-order valence-corrected chi connectivity index (χ1v) is 5.04. The van der Waals surface area contributed by atoms with Crippen molar-refractivity contribution < 1.29 is 0 Å². The number of unbranched alkanes of at least 4 members (excludes halogenated alkanes) is 2. The Morgan fingerprint density at radius 3 is 2.57 bits per heavy atom. The molecule has 1 rings (SSSR count). The minimum Gasteiger partial charge on any atom is -0.367 e. The molecule has 1 aromatic heterocycles. The van der Waals surface area contributed by atoms with Crippen molar-refractivity contribution in [3.63, 3.8) is 0 Å².